The van der Waals surface area contributed by atoms with E-state index in [2.05, 4.69) is 0 Å². The first-order valence-electron chi connectivity index (χ1n) is 5.98. The van der Waals surface area contributed by atoms with E-state index in [0.29, 0.717) is 16.9 Å². The highest BCUT2D eigenvalue weighted by molar-refractivity contribution is 7.85. The lowest BCUT2D eigenvalue weighted by atomic mass is 10.0. The van der Waals surface area contributed by atoms with Crippen molar-refractivity contribution in [3.05, 3.63) is 0 Å². The van der Waals surface area contributed by atoms with Crippen molar-refractivity contribution in [2.24, 2.45) is 11.7 Å². The second-order valence-corrected chi connectivity index (χ2v) is 6.50. The van der Waals surface area contributed by atoms with Gasteiger partial charge in [-0.3, -0.25) is 4.21 Å². The van der Waals surface area contributed by atoms with Gasteiger partial charge in [-0.1, -0.05) is 12.8 Å². The van der Waals surface area contributed by atoms with E-state index in [9.17, 15) is 4.21 Å². The van der Waals surface area contributed by atoms with Crippen LogP contribution in [-0.4, -0.2) is 34.5 Å². The third kappa shape index (κ3) is 3.02. The maximum absolute atomic E-state index is 12.0. The standard InChI is InChI=1S/C11H21NO2S/c12-11(9-5-6-14-7-9)8-15(13)10-3-1-2-4-10/h9-11H,1-8,12H2. The van der Waals surface area contributed by atoms with Crippen LogP contribution in [0.3, 0.4) is 0 Å². The van der Waals surface area contributed by atoms with Crippen molar-refractivity contribution >= 4 is 10.8 Å². The van der Waals surface area contributed by atoms with Crippen LogP contribution in [0.5, 0.6) is 0 Å². The Kier molecular flexibility index (Phi) is 4.17. The van der Waals surface area contributed by atoms with Crippen molar-refractivity contribution in [3.8, 4) is 0 Å². The Morgan fingerprint density at radius 2 is 2.07 bits per heavy atom. The molecule has 0 radical (unpaired) electrons. The summed E-state index contributed by atoms with van der Waals surface area (Å²) in [6.45, 7) is 1.59. The van der Waals surface area contributed by atoms with Gasteiger partial charge in [0.1, 0.15) is 0 Å². The lowest BCUT2D eigenvalue weighted by Gasteiger charge is -2.19. The smallest absolute Gasteiger partial charge is 0.0510 e. The minimum Gasteiger partial charge on any atom is -0.381 e. The monoisotopic (exact) mass is 231 g/mol. The normalized spacial score (nSPS) is 31.9. The molecule has 88 valence electrons. The molecule has 4 heteroatoms. The molecule has 2 rings (SSSR count). The molecule has 2 fully saturated rings. The van der Waals surface area contributed by atoms with Crippen LogP contribution in [0.25, 0.3) is 0 Å². The Hall–Kier alpha value is 0.0700. The van der Waals surface area contributed by atoms with Crippen LogP contribution in [0, 0.1) is 5.92 Å². The van der Waals surface area contributed by atoms with Crippen LogP contribution in [-0.2, 0) is 15.5 Å². The molecule has 2 aliphatic rings. The third-order valence-electron chi connectivity index (χ3n) is 3.60. The second-order valence-electron chi connectivity index (χ2n) is 4.74. The summed E-state index contributed by atoms with van der Waals surface area (Å²) in [5.74, 6) is 1.12. The molecule has 0 amide bonds. The van der Waals surface area contributed by atoms with E-state index in [1.165, 1.54) is 12.8 Å². The number of nitrogens with two attached hydrogens (primary N) is 1. The van der Waals surface area contributed by atoms with Crippen molar-refractivity contribution in [1.29, 1.82) is 0 Å². The summed E-state index contributed by atoms with van der Waals surface area (Å²) in [6, 6.07) is 0.0777. The zero-order valence-electron chi connectivity index (χ0n) is 9.19. The SMILES string of the molecule is NC(CS(=O)C1CCCC1)C1CCOC1. The molecule has 0 bridgehead atoms. The van der Waals surface area contributed by atoms with E-state index < -0.39 is 10.8 Å². The van der Waals surface area contributed by atoms with Crippen molar-refractivity contribution < 1.29 is 8.95 Å². The topological polar surface area (TPSA) is 52.3 Å². The Morgan fingerprint density at radius 3 is 2.67 bits per heavy atom. The van der Waals surface area contributed by atoms with E-state index in [4.69, 9.17) is 10.5 Å². The predicted octanol–water partition coefficient (Wildman–Crippen LogP) is 1.04. The van der Waals surface area contributed by atoms with Crippen LogP contribution < -0.4 is 5.73 Å². The summed E-state index contributed by atoms with van der Waals surface area (Å²) in [4.78, 5) is 0. The van der Waals surface area contributed by atoms with Crippen LogP contribution in [0.2, 0.25) is 0 Å². The molecule has 1 saturated carbocycles. The van der Waals surface area contributed by atoms with E-state index in [1.54, 1.807) is 0 Å². The highest BCUT2D eigenvalue weighted by Crippen LogP contribution is 2.24. The molecular formula is C11H21NO2S. The van der Waals surface area contributed by atoms with E-state index in [1.807, 2.05) is 0 Å². The molecule has 3 nitrogen and oxygen atoms in total. The van der Waals surface area contributed by atoms with Gasteiger partial charge in [0.2, 0.25) is 0 Å². The molecule has 1 aliphatic heterocycles. The Balaban J connectivity index is 1.77. The summed E-state index contributed by atoms with van der Waals surface area (Å²) >= 11 is 0. The molecule has 3 unspecified atom stereocenters. The minimum absolute atomic E-state index is 0.0777. The minimum atomic E-state index is -0.702. The van der Waals surface area contributed by atoms with Crippen LogP contribution in [0.1, 0.15) is 32.1 Å². The molecule has 1 heterocycles. The van der Waals surface area contributed by atoms with Crippen molar-refractivity contribution in [2.75, 3.05) is 19.0 Å². The highest BCUT2D eigenvalue weighted by atomic mass is 32.2. The first-order chi connectivity index (χ1) is 7.27. The van der Waals surface area contributed by atoms with Crippen LogP contribution in [0.4, 0.5) is 0 Å². The van der Waals surface area contributed by atoms with Crippen molar-refractivity contribution in [2.45, 2.75) is 43.4 Å². The van der Waals surface area contributed by atoms with E-state index in [0.717, 1.165) is 32.5 Å². The Morgan fingerprint density at radius 1 is 1.33 bits per heavy atom. The number of rotatable bonds is 4. The number of ether oxygens (including phenoxy) is 1. The summed E-state index contributed by atoms with van der Waals surface area (Å²) in [7, 11) is -0.702. The summed E-state index contributed by atoms with van der Waals surface area (Å²) in [5, 5.41) is 0.429. The maximum atomic E-state index is 12.0. The number of hydrogen-bond acceptors (Lipinski definition) is 3. The maximum Gasteiger partial charge on any atom is 0.0510 e. The van der Waals surface area contributed by atoms with Gasteiger partial charge in [-0.2, -0.15) is 0 Å². The summed E-state index contributed by atoms with van der Waals surface area (Å²) in [5.41, 5.74) is 6.07. The van der Waals surface area contributed by atoms with Gasteiger partial charge in [-0.15, -0.1) is 0 Å². The molecule has 0 aromatic rings. The summed E-state index contributed by atoms with van der Waals surface area (Å²) < 4.78 is 17.3. The van der Waals surface area contributed by atoms with Gasteiger partial charge in [0.15, 0.2) is 0 Å². The van der Waals surface area contributed by atoms with Crippen LogP contribution >= 0.6 is 0 Å². The Labute approximate surface area is 94.2 Å². The van der Waals surface area contributed by atoms with Crippen LogP contribution in [0.15, 0.2) is 0 Å². The molecule has 15 heavy (non-hydrogen) atoms. The fourth-order valence-electron chi connectivity index (χ4n) is 2.50. The fourth-order valence-corrected chi connectivity index (χ4v) is 4.29. The van der Waals surface area contributed by atoms with Gasteiger partial charge in [0, 0.05) is 40.4 Å². The average molecular weight is 231 g/mol. The van der Waals surface area contributed by atoms with E-state index in [-0.39, 0.29) is 6.04 Å². The predicted molar refractivity (Wildman–Crippen MR) is 62.2 cm³/mol. The zero-order chi connectivity index (χ0) is 10.7. The van der Waals surface area contributed by atoms with Crippen molar-refractivity contribution in [1.82, 2.24) is 0 Å². The molecular weight excluding hydrogens is 210 g/mol. The van der Waals surface area contributed by atoms with Gasteiger partial charge in [0.05, 0.1) is 6.61 Å². The lowest BCUT2D eigenvalue weighted by Crippen LogP contribution is -2.37. The molecule has 3 atom stereocenters. The van der Waals surface area contributed by atoms with E-state index >= 15 is 0 Å². The summed E-state index contributed by atoms with van der Waals surface area (Å²) in [6.07, 6.45) is 5.82. The van der Waals surface area contributed by atoms with Gasteiger partial charge in [-0.25, -0.2) is 0 Å². The Bertz CT molecular complexity index is 223. The second kappa shape index (κ2) is 5.41. The molecule has 0 spiro atoms. The molecule has 2 N–H and O–H groups in total. The van der Waals surface area contributed by atoms with Gasteiger partial charge in [0.25, 0.3) is 0 Å². The highest BCUT2D eigenvalue weighted by Gasteiger charge is 2.28. The first kappa shape index (κ1) is 11.6. The molecule has 1 aliphatic carbocycles. The fraction of sp³-hybridized carbons (Fsp3) is 1.00. The van der Waals surface area contributed by atoms with Gasteiger partial charge >= 0.3 is 0 Å². The van der Waals surface area contributed by atoms with Gasteiger partial charge < -0.3 is 10.5 Å². The molecule has 1 saturated heterocycles. The third-order valence-corrected chi connectivity index (χ3v) is 5.53. The molecule has 0 aromatic heterocycles. The largest absolute Gasteiger partial charge is 0.381 e. The molecule has 0 aromatic carbocycles. The van der Waals surface area contributed by atoms with Gasteiger partial charge in [-0.05, 0) is 19.3 Å². The zero-order valence-corrected chi connectivity index (χ0v) is 10.0. The first-order valence-corrected chi connectivity index (χ1v) is 7.36. The lowest BCUT2D eigenvalue weighted by molar-refractivity contribution is 0.182. The number of hydrogen-bond donors (Lipinski definition) is 1. The van der Waals surface area contributed by atoms with Crippen molar-refractivity contribution in [3.63, 3.8) is 0 Å². The average Bonchev–Trinajstić information content (AvgIpc) is 2.91. The quantitative estimate of drug-likeness (QED) is 0.786.